The van der Waals surface area contributed by atoms with Crippen molar-refractivity contribution in [1.29, 1.82) is 0 Å². The first-order valence-electron chi connectivity index (χ1n) is 4.19. The highest BCUT2D eigenvalue weighted by atomic mass is 16.5. The average molecular weight is 187 g/mol. The molecular weight excluding hydrogens is 174 g/mol. The third kappa shape index (κ3) is 2.42. The van der Waals surface area contributed by atoms with E-state index in [4.69, 9.17) is 5.11 Å². The summed E-state index contributed by atoms with van der Waals surface area (Å²) in [6.07, 6.45) is 0.894. The lowest BCUT2D eigenvalue weighted by Gasteiger charge is -2.25. The van der Waals surface area contributed by atoms with Gasteiger partial charge in [-0.3, -0.25) is 9.59 Å². The first-order chi connectivity index (χ1) is 6.15. The Bertz CT molecular complexity index is 216. The summed E-state index contributed by atoms with van der Waals surface area (Å²) in [5.41, 5.74) is 0. The van der Waals surface area contributed by atoms with Crippen LogP contribution < -0.4 is 5.32 Å². The summed E-state index contributed by atoms with van der Waals surface area (Å²) in [7, 11) is 1.30. The zero-order chi connectivity index (χ0) is 9.84. The minimum atomic E-state index is -0.838. The lowest BCUT2D eigenvalue weighted by Crippen LogP contribution is -2.45. The fourth-order valence-corrected chi connectivity index (χ4v) is 1.46. The molecule has 2 N–H and O–H groups in total. The molecule has 2 atom stereocenters. The number of nitrogens with one attached hydrogen (secondary N) is 1. The van der Waals surface area contributed by atoms with E-state index in [1.54, 1.807) is 0 Å². The maximum Gasteiger partial charge on any atom is 0.322 e. The predicted molar refractivity (Wildman–Crippen MR) is 44.2 cm³/mol. The van der Waals surface area contributed by atoms with Gasteiger partial charge in [0.05, 0.1) is 13.0 Å². The second kappa shape index (κ2) is 4.23. The summed E-state index contributed by atoms with van der Waals surface area (Å²) in [5, 5.41) is 11.6. The van der Waals surface area contributed by atoms with Gasteiger partial charge >= 0.3 is 11.9 Å². The third-order valence-electron chi connectivity index (χ3n) is 2.24. The molecule has 5 heteroatoms. The third-order valence-corrected chi connectivity index (χ3v) is 2.24. The van der Waals surface area contributed by atoms with Gasteiger partial charge in [0.1, 0.15) is 6.04 Å². The zero-order valence-electron chi connectivity index (χ0n) is 7.45. The van der Waals surface area contributed by atoms with Crippen LogP contribution in [0.5, 0.6) is 0 Å². The maximum absolute atomic E-state index is 11.1. The van der Waals surface area contributed by atoms with E-state index >= 15 is 0 Å². The average Bonchev–Trinajstić information content (AvgIpc) is 2.17. The highest BCUT2D eigenvalue weighted by molar-refractivity contribution is 5.78. The van der Waals surface area contributed by atoms with Gasteiger partial charge in [0.25, 0.3) is 0 Å². The number of hydrogen-bond donors (Lipinski definition) is 2. The largest absolute Gasteiger partial charge is 0.481 e. The summed E-state index contributed by atoms with van der Waals surface area (Å²) in [4.78, 5) is 21.7. The van der Waals surface area contributed by atoms with E-state index in [0.717, 1.165) is 0 Å². The molecule has 1 rings (SSSR count). The van der Waals surface area contributed by atoms with Gasteiger partial charge in [-0.25, -0.2) is 0 Å². The van der Waals surface area contributed by atoms with Crippen LogP contribution in [0.3, 0.4) is 0 Å². The smallest absolute Gasteiger partial charge is 0.322 e. The molecule has 0 aromatic carbocycles. The molecule has 0 spiro atoms. The molecule has 1 heterocycles. The van der Waals surface area contributed by atoms with Gasteiger partial charge in [-0.15, -0.1) is 0 Å². The molecule has 1 fully saturated rings. The van der Waals surface area contributed by atoms with Gasteiger partial charge < -0.3 is 15.2 Å². The summed E-state index contributed by atoms with van der Waals surface area (Å²) in [6.45, 7) is 0.552. The van der Waals surface area contributed by atoms with Crippen molar-refractivity contribution in [1.82, 2.24) is 5.32 Å². The highest BCUT2D eigenvalue weighted by Crippen LogP contribution is 2.16. The van der Waals surface area contributed by atoms with Gasteiger partial charge in [-0.1, -0.05) is 0 Å². The molecule has 0 aromatic rings. The Balaban J connectivity index is 2.51. The van der Waals surface area contributed by atoms with E-state index in [1.165, 1.54) is 7.11 Å². The van der Waals surface area contributed by atoms with Crippen molar-refractivity contribution >= 4 is 11.9 Å². The Morgan fingerprint density at radius 2 is 2.23 bits per heavy atom. The van der Waals surface area contributed by atoms with Crippen LogP contribution in [-0.2, 0) is 14.3 Å². The normalized spacial score (nSPS) is 28.1. The summed E-state index contributed by atoms with van der Waals surface area (Å²) in [6, 6.07) is -0.458. The molecule has 1 aliphatic rings. The maximum atomic E-state index is 11.1. The van der Waals surface area contributed by atoms with Gasteiger partial charge in [0, 0.05) is 0 Å². The minimum absolute atomic E-state index is 0.321. The topological polar surface area (TPSA) is 75.6 Å². The fourth-order valence-electron chi connectivity index (χ4n) is 1.46. The molecule has 0 aliphatic carbocycles. The second-order valence-corrected chi connectivity index (χ2v) is 3.09. The molecule has 2 unspecified atom stereocenters. The first kappa shape index (κ1) is 9.98. The molecule has 13 heavy (non-hydrogen) atoms. The summed E-state index contributed by atoms with van der Waals surface area (Å²) in [5.74, 6) is -1.65. The number of ether oxygens (including phenoxy) is 1. The van der Waals surface area contributed by atoms with Crippen LogP contribution in [-0.4, -0.2) is 36.7 Å². The summed E-state index contributed by atoms with van der Waals surface area (Å²) < 4.78 is 4.52. The lowest BCUT2D eigenvalue weighted by atomic mass is 9.93. The van der Waals surface area contributed by atoms with Gasteiger partial charge in [-0.05, 0) is 19.4 Å². The number of aliphatic carboxylic acids is 1. The number of rotatable bonds is 2. The Labute approximate surface area is 76.1 Å². The van der Waals surface area contributed by atoms with Gasteiger partial charge in [0.15, 0.2) is 0 Å². The molecule has 0 aromatic heterocycles. The Morgan fingerprint density at radius 1 is 1.54 bits per heavy atom. The Morgan fingerprint density at radius 3 is 2.77 bits per heavy atom. The highest BCUT2D eigenvalue weighted by Gasteiger charge is 2.30. The molecule has 0 radical (unpaired) electrons. The van der Waals surface area contributed by atoms with Crippen LogP contribution in [0.25, 0.3) is 0 Å². The Hall–Kier alpha value is -1.10. The molecule has 5 nitrogen and oxygen atoms in total. The monoisotopic (exact) mass is 187 g/mol. The van der Waals surface area contributed by atoms with E-state index in [1.807, 2.05) is 0 Å². The molecule has 0 amide bonds. The van der Waals surface area contributed by atoms with Crippen LogP contribution in [0.1, 0.15) is 12.8 Å². The zero-order valence-corrected chi connectivity index (χ0v) is 7.45. The molecule has 1 saturated heterocycles. The number of carbonyl (C=O) groups is 2. The van der Waals surface area contributed by atoms with Crippen molar-refractivity contribution in [3.8, 4) is 0 Å². The lowest BCUT2D eigenvalue weighted by molar-refractivity contribution is -0.147. The van der Waals surface area contributed by atoms with E-state index in [9.17, 15) is 9.59 Å². The van der Waals surface area contributed by atoms with Crippen LogP contribution in [0.4, 0.5) is 0 Å². The number of piperidine rings is 1. The Kier molecular flexibility index (Phi) is 3.25. The first-order valence-corrected chi connectivity index (χ1v) is 4.19. The minimum Gasteiger partial charge on any atom is -0.481 e. The quantitative estimate of drug-likeness (QED) is 0.576. The molecule has 74 valence electrons. The predicted octanol–water partition coefficient (Wildman–Crippen LogP) is -0.388. The fraction of sp³-hybridized carbons (Fsp3) is 0.750. The van der Waals surface area contributed by atoms with Gasteiger partial charge in [-0.2, -0.15) is 0 Å². The van der Waals surface area contributed by atoms with Crippen molar-refractivity contribution in [3.63, 3.8) is 0 Å². The molecule has 1 aliphatic heterocycles. The van der Waals surface area contributed by atoms with E-state index in [-0.39, 0.29) is 5.97 Å². The number of esters is 1. The van der Waals surface area contributed by atoms with Crippen molar-refractivity contribution in [2.75, 3.05) is 13.7 Å². The van der Waals surface area contributed by atoms with Crippen molar-refractivity contribution in [3.05, 3.63) is 0 Å². The van der Waals surface area contributed by atoms with Crippen molar-refractivity contribution in [2.45, 2.75) is 18.9 Å². The standard InChI is InChI=1S/C8H13NO4/c1-13-8(12)6-4-5(7(10)11)2-3-9-6/h5-6,9H,2-4H2,1H3,(H,10,11). The van der Waals surface area contributed by atoms with Crippen LogP contribution in [0.2, 0.25) is 0 Å². The van der Waals surface area contributed by atoms with E-state index in [0.29, 0.717) is 19.4 Å². The number of hydrogen-bond acceptors (Lipinski definition) is 4. The van der Waals surface area contributed by atoms with E-state index < -0.39 is 17.9 Å². The number of carbonyl (C=O) groups excluding carboxylic acids is 1. The van der Waals surface area contributed by atoms with Crippen LogP contribution in [0.15, 0.2) is 0 Å². The van der Waals surface area contributed by atoms with Gasteiger partial charge in [0.2, 0.25) is 0 Å². The molecule has 0 bridgehead atoms. The number of carboxylic acids is 1. The summed E-state index contributed by atoms with van der Waals surface area (Å²) >= 11 is 0. The van der Waals surface area contributed by atoms with Crippen LogP contribution >= 0.6 is 0 Å². The molecule has 0 saturated carbocycles. The number of carboxylic acid groups (broad SMARTS) is 1. The van der Waals surface area contributed by atoms with E-state index in [2.05, 4.69) is 10.1 Å². The second-order valence-electron chi connectivity index (χ2n) is 3.09. The van der Waals surface area contributed by atoms with Crippen LogP contribution in [0, 0.1) is 5.92 Å². The SMILES string of the molecule is COC(=O)C1CC(C(=O)O)CCN1. The van der Waals surface area contributed by atoms with Crippen molar-refractivity contribution in [2.24, 2.45) is 5.92 Å². The molecular formula is C8H13NO4. The number of methoxy groups -OCH3 is 1. The van der Waals surface area contributed by atoms with Crippen molar-refractivity contribution < 1.29 is 19.4 Å².